The normalized spacial score (nSPS) is 10.2. The lowest BCUT2D eigenvalue weighted by Gasteiger charge is -2.04. The molecule has 0 fully saturated rings. The van der Waals surface area contributed by atoms with Crippen molar-refractivity contribution in [1.29, 1.82) is 0 Å². The van der Waals surface area contributed by atoms with Crippen molar-refractivity contribution in [1.82, 2.24) is 0 Å². The molecule has 0 aromatic heterocycles. The third-order valence-electron chi connectivity index (χ3n) is 2.03. The molecule has 0 aliphatic rings. The zero-order valence-corrected chi connectivity index (χ0v) is 10.4. The summed E-state index contributed by atoms with van der Waals surface area (Å²) in [6.07, 6.45) is 1.40. The number of ketones is 1. The van der Waals surface area contributed by atoms with Gasteiger partial charge < -0.3 is 0 Å². The predicted octanol–water partition coefficient (Wildman–Crippen LogP) is 4.01. The molecule has 0 saturated carbocycles. The first-order valence-corrected chi connectivity index (χ1v) is 6.01. The van der Waals surface area contributed by atoms with Crippen LogP contribution in [0, 0.1) is 6.92 Å². The van der Waals surface area contributed by atoms with Crippen molar-refractivity contribution in [2.45, 2.75) is 19.8 Å². The minimum atomic E-state index is 0.123. The van der Waals surface area contributed by atoms with Gasteiger partial charge in [0, 0.05) is 17.3 Å². The Labute approximate surface area is 97.6 Å². The lowest BCUT2D eigenvalue weighted by Crippen LogP contribution is -2.01. The minimum absolute atomic E-state index is 0.123. The molecule has 0 spiro atoms. The standard InChI is InChI=1S/C11H12BrClO/c1-8-4-2-5-9(11(8)13)10(14)6-3-7-12/h2,4-5H,3,6-7H2,1H3. The van der Waals surface area contributed by atoms with E-state index in [1.807, 2.05) is 19.1 Å². The van der Waals surface area contributed by atoms with Crippen LogP contribution in [0.3, 0.4) is 0 Å². The number of alkyl halides is 1. The number of carbonyl (C=O) groups excluding carboxylic acids is 1. The molecule has 0 radical (unpaired) electrons. The fraction of sp³-hybridized carbons (Fsp3) is 0.364. The first kappa shape index (κ1) is 11.7. The lowest BCUT2D eigenvalue weighted by molar-refractivity contribution is 0.0982. The summed E-state index contributed by atoms with van der Waals surface area (Å²) >= 11 is 9.33. The Morgan fingerprint density at radius 3 is 2.86 bits per heavy atom. The van der Waals surface area contributed by atoms with Crippen LogP contribution >= 0.6 is 27.5 Å². The third kappa shape index (κ3) is 2.82. The van der Waals surface area contributed by atoms with Crippen LogP contribution in [0.5, 0.6) is 0 Å². The molecule has 1 aromatic rings. The summed E-state index contributed by atoms with van der Waals surface area (Å²) in [6, 6.07) is 5.55. The van der Waals surface area contributed by atoms with Crippen molar-refractivity contribution in [3.05, 3.63) is 34.3 Å². The van der Waals surface area contributed by atoms with Crippen molar-refractivity contribution in [3.63, 3.8) is 0 Å². The van der Waals surface area contributed by atoms with Crippen molar-refractivity contribution in [2.75, 3.05) is 5.33 Å². The van der Waals surface area contributed by atoms with Crippen molar-refractivity contribution >= 4 is 33.3 Å². The zero-order chi connectivity index (χ0) is 10.6. The predicted molar refractivity (Wildman–Crippen MR) is 63.5 cm³/mol. The van der Waals surface area contributed by atoms with Gasteiger partial charge in [0.2, 0.25) is 0 Å². The Hall–Kier alpha value is -0.340. The highest BCUT2D eigenvalue weighted by Gasteiger charge is 2.10. The van der Waals surface area contributed by atoms with Gasteiger partial charge in [0.15, 0.2) is 5.78 Å². The molecule has 0 saturated heterocycles. The van der Waals surface area contributed by atoms with E-state index < -0.39 is 0 Å². The molecule has 1 nitrogen and oxygen atoms in total. The molecule has 14 heavy (non-hydrogen) atoms. The molecule has 0 heterocycles. The number of halogens is 2. The number of benzene rings is 1. The van der Waals surface area contributed by atoms with Crippen LogP contribution in [0.15, 0.2) is 18.2 Å². The number of aryl methyl sites for hydroxylation is 1. The Balaban J connectivity index is 2.84. The molecule has 0 atom stereocenters. The number of hydrogen-bond donors (Lipinski definition) is 0. The summed E-state index contributed by atoms with van der Waals surface area (Å²) < 4.78 is 0. The van der Waals surface area contributed by atoms with Crippen LogP contribution < -0.4 is 0 Å². The second kappa shape index (κ2) is 5.52. The second-order valence-electron chi connectivity index (χ2n) is 3.15. The first-order valence-electron chi connectivity index (χ1n) is 4.51. The van der Waals surface area contributed by atoms with E-state index in [1.165, 1.54) is 0 Å². The maximum absolute atomic E-state index is 11.7. The van der Waals surface area contributed by atoms with Crippen LogP contribution in [0.4, 0.5) is 0 Å². The molecule has 0 aliphatic heterocycles. The van der Waals surface area contributed by atoms with Crippen LogP contribution in [-0.2, 0) is 0 Å². The maximum Gasteiger partial charge on any atom is 0.164 e. The summed E-state index contributed by atoms with van der Waals surface area (Å²) in [5.41, 5.74) is 1.60. The largest absolute Gasteiger partial charge is 0.294 e. The Bertz CT molecular complexity index is 336. The molecule has 0 N–H and O–H groups in total. The molecule has 0 aliphatic carbocycles. The van der Waals surface area contributed by atoms with Crippen LogP contribution in [0.1, 0.15) is 28.8 Å². The minimum Gasteiger partial charge on any atom is -0.294 e. The van der Waals surface area contributed by atoms with E-state index in [9.17, 15) is 4.79 Å². The molecular weight excluding hydrogens is 263 g/mol. The smallest absolute Gasteiger partial charge is 0.164 e. The SMILES string of the molecule is Cc1cccc(C(=O)CCCBr)c1Cl. The number of rotatable bonds is 4. The Morgan fingerprint density at radius 1 is 1.50 bits per heavy atom. The van der Waals surface area contributed by atoms with E-state index in [2.05, 4.69) is 15.9 Å². The van der Waals surface area contributed by atoms with Gasteiger partial charge in [-0.2, -0.15) is 0 Å². The lowest BCUT2D eigenvalue weighted by atomic mass is 10.0. The average molecular weight is 276 g/mol. The number of carbonyl (C=O) groups is 1. The van der Waals surface area contributed by atoms with Gasteiger partial charge in [-0.1, -0.05) is 39.7 Å². The molecule has 0 bridgehead atoms. The van der Waals surface area contributed by atoms with Crippen molar-refractivity contribution in [2.24, 2.45) is 0 Å². The Kier molecular flexibility index (Phi) is 4.63. The van der Waals surface area contributed by atoms with Crippen LogP contribution in [0.25, 0.3) is 0 Å². The van der Waals surface area contributed by atoms with E-state index in [1.54, 1.807) is 6.07 Å². The van der Waals surface area contributed by atoms with Crippen LogP contribution in [-0.4, -0.2) is 11.1 Å². The molecule has 3 heteroatoms. The highest BCUT2D eigenvalue weighted by molar-refractivity contribution is 9.09. The van der Waals surface area contributed by atoms with Gasteiger partial charge in [0.25, 0.3) is 0 Å². The van der Waals surface area contributed by atoms with E-state index in [4.69, 9.17) is 11.6 Å². The summed E-state index contributed by atoms with van der Waals surface area (Å²) in [6.45, 7) is 1.91. The molecular formula is C11H12BrClO. The highest BCUT2D eigenvalue weighted by atomic mass is 79.9. The number of Topliss-reactive ketones (excluding diaryl/α,β-unsaturated/α-hetero) is 1. The van der Waals surface area contributed by atoms with Crippen molar-refractivity contribution < 1.29 is 4.79 Å². The fourth-order valence-electron chi connectivity index (χ4n) is 1.22. The molecule has 1 aromatic carbocycles. The molecule has 0 unspecified atom stereocenters. The zero-order valence-electron chi connectivity index (χ0n) is 8.02. The maximum atomic E-state index is 11.7. The third-order valence-corrected chi connectivity index (χ3v) is 3.09. The Morgan fingerprint density at radius 2 is 2.21 bits per heavy atom. The average Bonchev–Trinajstić information content (AvgIpc) is 2.18. The van der Waals surface area contributed by atoms with Gasteiger partial charge in [-0.05, 0) is 25.0 Å². The van der Waals surface area contributed by atoms with Gasteiger partial charge in [-0.3, -0.25) is 4.79 Å². The first-order chi connectivity index (χ1) is 6.66. The molecule has 1 rings (SSSR count). The van der Waals surface area contributed by atoms with Gasteiger partial charge in [-0.25, -0.2) is 0 Å². The summed E-state index contributed by atoms with van der Waals surface area (Å²) in [5, 5.41) is 1.44. The van der Waals surface area contributed by atoms with E-state index in [0.29, 0.717) is 17.0 Å². The van der Waals surface area contributed by atoms with E-state index in [0.717, 1.165) is 17.3 Å². The fourth-order valence-corrected chi connectivity index (χ4v) is 1.74. The van der Waals surface area contributed by atoms with Crippen molar-refractivity contribution in [3.8, 4) is 0 Å². The van der Waals surface area contributed by atoms with Gasteiger partial charge >= 0.3 is 0 Å². The van der Waals surface area contributed by atoms with Gasteiger partial charge in [-0.15, -0.1) is 0 Å². The molecule has 76 valence electrons. The quantitative estimate of drug-likeness (QED) is 0.599. The monoisotopic (exact) mass is 274 g/mol. The number of hydrogen-bond acceptors (Lipinski definition) is 1. The topological polar surface area (TPSA) is 17.1 Å². The summed E-state index contributed by atoms with van der Waals surface area (Å²) in [7, 11) is 0. The van der Waals surface area contributed by atoms with Gasteiger partial charge in [0.1, 0.15) is 0 Å². The summed E-state index contributed by atoms with van der Waals surface area (Å²) in [5.74, 6) is 0.123. The van der Waals surface area contributed by atoms with Crippen LogP contribution in [0.2, 0.25) is 5.02 Å². The van der Waals surface area contributed by atoms with E-state index in [-0.39, 0.29) is 5.78 Å². The summed E-state index contributed by atoms with van der Waals surface area (Å²) in [4.78, 5) is 11.7. The second-order valence-corrected chi connectivity index (χ2v) is 4.32. The van der Waals surface area contributed by atoms with Gasteiger partial charge in [0.05, 0.1) is 5.02 Å². The molecule has 0 amide bonds. The van der Waals surface area contributed by atoms with E-state index >= 15 is 0 Å². The highest BCUT2D eigenvalue weighted by Crippen LogP contribution is 2.21.